The van der Waals surface area contributed by atoms with E-state index in [0.717, 1.165) is 33.4 Å². The molecule has 73 heavy (non-hydrogen) atoms. The third kappa shape index (κ3) is 12.4. The monoisotopic (exact) mass is 972 g/mol. The minimum Gasteiger partial charge on any atom is -0.506 e. The van der Waals surface area contributed by atoms with Crippen molar-refractivity contribution < 1.29 is 42.7 Å². The van der Waals surface area contributed by atoms with E-state index >= 15 is 0 Å². The highest BCUT2D eigenvalue weighted by Crippen LogP contribution is 2.48. The molecule has 9 aromatic rings. The second kappa shape index (κ2) is 24.1. The third-order valence-electron chi connectivity index (χ3n) is 12.8. The quantitative estimate of drug-likeness (QED) is 0.0746. The van der Waals surface area contributed by atoms with Gasteiger partial charge < -0.3 is 42.7 Å². The van der Waals surface area contributed by atoms with Crippen LogP contribution < -0.4 is 14.9 Å². The smallest absolute Gasteiger partial charge is 0.197 e. The molecule has 1 aliphatic rings. The van der Waals surface area contributed by atoms with E-state index < -0.39 is 35.9 Å². The van der Waals surface area contributed by atoms with Gasteiger partial charge in [0.1, 0.15) is 77.7 Å². The van der Waals surface area contributed by atoms with Gasteiger partial charge in [-0.15, -0.1) is 0 Å². The Morgan fingerprint density at radius 3 is 1.40 bits per heavy atom. The van der Waals surface area contributed by atoms with Gasteiger partial charge in [-0.25, -0.2) is 0 Å². The number of hydrogen-bond donors (Lipinski definition) is 1. The number of aromatic hydroxyl groups is 1. The lowest BCUT2D eigenvalue weighted by atomic mass is 9.88. The molecule has 368 valence electrons. The highest BCUT2D eigenvalue weighted by Gasteiger charge is 2.51. The maximum absolute atomic E-state index is 14.6. The zero-order valence-electron chi connectivity index (χ0n) is 40.2. The summed E-state index contributed by atoms with van der Waals surface area (Å²) in [5.41, 5.74) is 6.22. The summed E-state index contributed by atoms with van der Waals surface area (Å²) in [6, 6.07) is 69.6. The van der Waals surface area contributed by atoms with Crippen molar-refractivity contribution in [3.05, 3.63) is 268 Å². The SMILES string of the molecule is O=c1cc(-c2ccc(OCc3ccccc3)cc2)oc2cc(OCc3ccccc3)c([C@@H]3O[C@H](COCc4ccccc4)[C@@H](OCc4ccccc4)[C@H](OCc4ccccc4)[C@H]3OCc3ccccc3)c(O)c12. The predicted molar refractivity (Wildman–Crippen MR) is 280 cm³/mol. The van der Waals surface area contributed by atoms with Crippen molar-refractivity contribution in [3.63, 3.8) is 0 Å². The summed E-state index contributed by atoms with van der Waals surface area (Å²) < 4.78 is 54.1. The van der Waals surface area contributed by atoms with Crippen LogP contribution in [0.3, 0.4) is 0 Å². The molecule has 1 aromatic heterocycles. The van der Waals surface area contributed by atoms with Crippen molar-refractivity contribution in [2.45, 2.75) is 70.2 Å². The zero-order chi connectivity index (χ0) is 49.6. The summed E-state index contributed by atoms with van der Waals surface area (Å²) in [4.78, 5) is 14.6. The Balaban J connectivity index is 1.08. The summed E-state index contributed by atoms with van der Waals surface area (Å²) in [5.74, 6) is 0.827. The molecule has 0 amide bonds. The van der Waals surface area contributed by atoms with Crippen LogP contribution in [0.4, 0.5) is 0 Å². The van der Waals surface area contributed by atoms with Gasteiger partial charge in [-0.1, -0.05) is 182 Å². The molecule has 5 atom stereocenters. The number of fused-ring (bicyclic) bond motifs is 1. The molecule has 0 bridgehead atoms. The molecular formula is C63H56O10. The molecular weight excluding hydrogens is 917 g/mol. The average molecular weight is 973 g/mol. The molecule has 1 fully saturated rings. The average Bonchev–Trinajstić information content (AvgIpc) is 3.44. The van der Waals surface area contributed by atoms with Crippen LogP contribution in [0.2, 0.25) is 0 Å². The third-order valence-corrected chi connectivity index (χ3v) is 12.8. The molecule has 1 saturated heterocycles. The summed E-state index contributed by atoms with van der Waals surface area (Å²) in [7, 11) is 0. The molecule has 1 N–H and O–H groups in total. The van der Waals surface area contributed by atoms with Gasteiger partial charge in [0.25, 0.3) is 0 Å². The summed E-state index contributed by atoms with van der Waals surface area (Å²) in [6.45, 7) is 1.52. The van der Waals surface area contributed by atoms with E-state index in [1.165, 1.54) is 6.07 Å². The Morgan fingerprint density at radius 2 is 0.890 bits per heavy atom. The van der Waals surface area contributed by atoms with Crippen LogP contribution in [0.15, 0.2) is 228 Å². The van der Waals surface area contributed by atoms with Crippen LogP contribution in [-0.4, -0.2) is 36.1 Å². The maximum atomic E-state index is 14.6. The molecule has 1 aliphatic heterocycles. The van der Waals surface area contributed by atoms with Crippen molar-refractivity contribution in [3.8, 4) is 28.6 Å². The van der Waals surface area contributed by atoms with Crippen molar-refractivity contribution >= 4 is 11.0 Å². The van der Waals surface area contributed by atoms with Crippen LogP contribution in [0.1, 0.15) is 45.0 Å². The van der Waals surface area contributed by atoms with E-state index in [9.17, 15) is 9.90 Å². The second-order valence-corrected chi connectivity index (χ2v) is 17.9. The Labute approximate surface area is 424 Å². The fraction of sp³-hybridized carbons (Fsp3) is 0.190. The van der Waals surface area contributed by atoms with E-state index in [-0.39, 0.29) is 61.1 Å². The van der Waals surface area contributed by atoms with Crippen LogP contribution in [0.5, 0.6) is 17.2 Å². The Morgan fingerprint density at radius 1 is 0.452 bits per heavy atom. The van der Waals surface area contributed by atoms with Gasteiger partial charge in [-0.05, 0) is 57.6 Å². The molecule has 0 spiro atoms. The van der Waals surface area contributed by atoms with Crippen LogP contribution in [0.25, 0.3) is 22.3 Å². The molecule has 10 heteroatoms. The Hall–Kier alpha value is -7.83. The predicted octanol–water partition coefficient (Wildman–Crippen LogP) is 12.7. The topological polar surface area (TPSA) is 115 Å². The Bertz CT molecular complexity index is 3170. The standard InChI is InChI=1S/C63H56O10/c64-52-35-53(50-31-33-51(34-32-50)67-38-45-21-9-2-10-22-45)72-55-36-54(68-39-46-23-11-3-12-24-46)58(59(65)57(52)55)61-63(71-42-49-29-17-6-18-30-49)62(70-41-48-27-15-5-16-28-48)60(69-40-47-25-13-4-14-26-47)56(73-61)43-66-37-44-19-7-1-8-20-44/h1-36,56,60-63,65H,37-43H2/t56-,60-,61+,62+,63+/m1/s1. The zero-order valence-corrected chi connectivity index (χ0v) is 40.2. The number of hydrogen-bond acceptors (Lipinski definition) is 10. The lowest BCUT2D eigenvalue weighted by Gasteiger charge is -2.46. The number of benzene rings is 8. The molecule has 2 heterocycles. The summed E-state index contributed by atoms with van der Waals surface area (Å²) in [5, 5.41) is 12.8. The number of phenols is 1. The van der Waals surface area contributed by atoms with Crippen LogP contribution >= 0.6 is 0 Å². The molecule has 10 nitrogen and oxygen atoms in total. The second-order valence-electron chi connectivity index (χ2n) is 17.9. The molecule has 0 saturated carbocycles. The van der Waals surface area contributed by atoms with Crippen molar-refractivity contribution in [2.75, 3.05) is 6.61 Å². The van der Waals surface area contributed by atoms with Crippen molar-refractivity contribution in [1.29, 1.82) is 0 Å². The number of ether oxygens (including phenoxy) is 7. The molecule has 10 rings (SSSR count). The van der Waals surface area contributed by atoms with Crippen LogP contribution in [0, 0.1) is 0 Å². The maximum Gasteiger partial charge on any atom is 0.197 e. The van der Waals surface area contributed by atoms with Gasteiger partial charge in [0.15, 0.2) is 5.43 Å². The van der Waals surface area contributed by atoms with E-state index in [4.69, 9.17) is 37.6 Å². The van der Waals surface area contributed by atoms with Gasteiger partial charge >= 0.3 is 0 Å². The molecule has 0 aliphatic carbocycles. The first-order valence-corrected chi connectivity index (χ1v) is 24.5. The van der Waals surface area contributed by atoms with Crippen molar-refractivity contribution in [1.82, 2.24) is 0 Å². The minimum absolute atomic E-state index is 0.0416. The lowest BCUT2D eigenvalue weighted by Crippen LogP contribution is -2.58. The Kier molecular flexibility index (Phi) is 16.1. The van der Waals surface area contributed by atoms with Gasteiger partial charge in [-0.2, -0.15) is 0 Å². The fourth-order valence-corrected chi connectivity index (χ4v) is 9.04. The summed E-state index contributed by atoms with van der Waals surface area (Å²) in [6.07, 6.45) is -4.43. The van der Waals surface area contributed by atoms with Gasteiger partial charge in [-0.3, -0.25) is 4.79 Å². The first kappa shape index (κ1) is 48.8. The van der Waals surface area contributed by atoms with E-state index in [2.05, 4.69) is 0 Å². The summed E-state index contributed by atoms with van der Waals surface area (Å²) >= 11 is 0. The molecule has 8 aromatic carbocycles. The minimum atomic E-state index is -1.11. The molecule has 0 radical (unpaired) electrons. The van der Waals surface area contributed by atoms with E-state index in [1.807, 2.05) is 206 Å². The number of phenolic OH excluding ortho intramolecular Hbond substituents is 1. The number of rotatable bonds is 21. The van der Waals surface area contributed by atoms with E-state index in [0.29, 0.717) is 30.3 Å². The largest absolute Gasteiger partial charge is 0.506 e. The highest BCUT2D eigenvalue weighted by molar-refractivity contribution is 5.88. The van der Waals surface area contributed by atoms with E-state index in [1.54, 1.807) is 6.07 Å². The van der Waals surface area contributed by atoms with Gasteiger partial charge in [0.2, 0.25) is 0 Å². The lowest BCUT2D eigenvalue weighted by molar-refractivity contribution is -0.275. The first-order valence-electron chi connectivity index (χ1n) is 24.5. The molecule has 0 unspecified atom stereocenters. The fourth-order valence-electron chi connectivity index (χ4n) is 9.04. The van der Waals surface area contributed by atoms with Gasteiger partial charge in [0.05, 0.1) is 38.6 Å². The first-order chi connectivity index (χ1) is 36.0. The van der Waals surface area contributed by atoms with Gasteiger partial charge in [0, 0.05) is 17.7 Å². The van der Waals surface area contributed by atoms with Crippen molar-refractivity contribution in [2.24, 2.45) is 0 Å². The highest BCUT2D eigenvalue weighted by atomic mass is 16.6. The normalized spacial score (nSPS) is 17.6. The van der Waals surface area contributed by atoms with Crippen LogP contribution in [-0.2, 0) is 63.3 Å².